The van der Waals surface area contributed by atoms with Crippen molar-refractivity contribution < 1.29 is 4.79 Å². The Morgan fingerprint density at radius 2 is 2.05 bits per heavy atom. The fourth-order valence-corrected chi connectivity index (χ4v) is 4.13. The number of rotatable bonds is 3. The number of thiophene rings is 1. The lowest BCUT2D eigenvalue weighted by Gasteiger charge is -2.34. The Hall–Kier alpha value is -1.24. The van der Waals surface area contributed by atoms with Crippen LogP contribution in [0.2, 0.25) is 0 Å². The molecule has 1 saturated heterocycles. The molecule has 4 nitrogen and oxygen atoms in total. The summed E-state index contributed by atoms with van der Waals surface area (Å²) in [4.78, 5) is 23.4. The summed E-state index contributed by atoms with van der Waals surface area (Å²) in [6.07, 6.45) is 0. The van der Waals surface area contributed by atoms with Crippen LogP contribution in [0.15, 0.2) is 17.5 Å². The molecule has 0 spiro atoms. The molecule has 112 valence electrons. The van der Waals surface area contributed by atoms with Crippen molar-refractivity contribution in [1.29, 1.82) is 0 Å². The van der Waals surface area contributed by atoms with Crippen molar-refractivity contribution >= 4 is 28.6 Å². The van der Waals surface area contributed by atoms with Crippen LogP contribution in [-0.2, 0) is 6.54 Å². The molecule has 6 heteroatoms. The molecule has 0 aliphatic carbocycles. The highest BCUT2D eigenvalue weighted by Crippen LogP contribution is 2.19. The SMILES string of the molecule is Cc1nc(CN2CCN(C(=O)c3cccs3)CC2)sc1C. The van der Waals surface area contributed by atoms with Gasteiger partial charge in [-0.15, -0.1) is 22.7 Å². The van der Waals surface area contributed by atoms with Crippen LogP contribution >= 0.6 is 22.7 Å². The average Bonchev–Trinajstić information content (AvgIpc) is 3.10. The molecule has 0 unspecified atom stereocenters. The maximum absolute atomic E-state index is 12.3. The highest BCUT2D eigenvalue weighted by molar-refractivity contribution is 7.12. The summed E-state index contributed by atoms with van der Waals surface area (Å²) in [6, 6.07) is 3.84. The fourth-order valence-electron chi connectivity index (χ4n) is 2.46. The molecular weight excluding hydrogens is 302 g/mol. The molecule has 2 aromatic rings. The predicted octanol–water partition coefficient (Wildman–Crippen LogP) is 2.78. The third-order valence-corrected chi connectivity index (χ3v) is 5.74. The number of aromatic nitrogens is 1. The smallest absolute Gasteiger partial charge is 0.264 e. The van der Waals surface area contributed by atoms with E-state index in [1.54, 1.807) is 11.3 Å². The zero-order chi connectivity index (χ0) is 14.8. The Balaban J connectivity index is 1.54. The first-order valence-electron chi connectivity index (χ1n) is 7.11. The lowest BCUT2D eigenvalue weighted by molar-refractivity contribution is 0.0633. The number of hydrogen-bond donors (Lipinski definition) is 0. The van der Waals surface area contributed by atoms with Crippen molar-refractivity contribution in [3.63, 3.8) is 0 Å². The molecule has 21 heavy (non-hydrogen) atoms. The molecule has 1 aliphatic heterocycles. The van der Waals surface area contributed by atoms with Gasteiger partial charge in [-0.3, -0.25) is 9.69 Å². The van der Waals surface area contributed by atoms with Gasteiger partial charge in [-0.25, -0.2) is 4.98 Å². The van der Waals surface area contributed by atoms with Crippen molar-refractivity contribution in [1.82, 2.24) is 14.8 Å². The van der Waals surface area contributed by atoms with Gasteiger partial charge in [0, 0.05) is 31.1 Å². The molecule has 1 aliphatic rings. The Morgan fingerprint density at radius 3 is 2.62 bits per heavy atom. The predicted molar refractivity (Wildman–Crippen MR) is 87.1 cm³/mol. The quantitative estimate of drug-likeness (QED) is 0.872. The van der Waals surface area contributed by atoms with E-state index in [1.165, 1.54) is 21.2 Å². The minimum atomic E-state index is 0.172. The van der Waals surface area contributed by atoms with Gasteiger partial charge in [0.25, 0.3) is 5.91 Å². The van der Waals surface area contributed by atoms with E-state index in [4.69, 9.17) is 0 Å². The number of hydrogen-bond acceptors (Lipinski definition) is 5. The van der Waals surface area contributed by atoms with E-state index in [1.807, 2.05) is 22.4 Å². The van der Waals surface area contributed by atoms with Crippen molar-refractivity contribution in [2.24, 2.45) is 0 Å². The molecule has 0 saturated carbocycles. The minimum absolute atomic E-state index is 0.172. The minimum Gasteiger partial charge on any atom is -0.335 e. The maximum Gasteiger partial charge on any atom is 0.264 e. The number of thiazole rings is 1. The Bertz CT molecular complexity index is 593. The topological polar surface area (TPSA) is 36.4 Å². The van der Waals surface area contributed by atoms with Gasteiger partial charge in [-0.05, 0) is 25.3 Å². The number of piperazine rings is 1. The van der Waals surface area contributed by atoms with Crippen LogP contribution in [-0.4, -0.2) is 46.9 Å². The van der Waals surface area contributed by atoms with Crippen LogP contribution in [0.1, 0.15) is 25.3 Å². The fraction of sp³-hybridized carbons (Fsp3) is 0.467. The van der Waals surface area contributed by atoms with Gasteiger partial charge in [-0.1, -0.05) is 6.07 Å². The monoisotopic (exact) mass is 321 g/mol. The molecule has 0 atom stereocenters. The van der Waals surface area contributed by atoms with E-state index in [0.717, 1.165) is 43.3 Å². The summed E-state index contributed by atoms with van der Waals surface area (Å²) in [6.45, 7) is 8.55. The van der Waals surface area contributed by atoms with E-state index in [-0.39, 0.29) is 5.91 Å². The second-order valence-electron chi connectivity index (χ2n) is 5.29. The molecule has 0 aromatic carbocycles. The summed E-state index contributed by atoms with van der Waals surface area (Å²) >= 11 is 3.30. The van der Waals surface area contributed by atoms with Gasteiger partial charge < -0.3 is 4.90 Å². The zero-order valence-corrected chi connectivity index (χ0v) is 14.0. The summed E-state index contributed by atoms with van der Waals surface area (Å²) in [7, 11) is 0. The number of nitrogens with zero attached hydrogens (tertiary/aromatic N) is 3. The van der Waals surface area contributed by atoms with E-state index in [9.17, 15) is 4.79 Å². The molecule has 0 bridgehead atoms. The first-order valence-corrected chi connectivity index (χ1v) is 8.81. The van der Waals surface area contributed by atoms with Crippen molar-refractivity contribution in [2.45, 2.75) is 20.4 Å². The molecule has 1 fully saturated rings. The van der Waals surface area contributed by atoms with Crippen LogP contribution in [0.3, 0.4) is 0 Å². The molecule has 0 N–H and O–H groups in total. The van der Waals surface area contributed by atoms with E-state index < -0.39 is 0 Å². The van der Waals surface area contributed by atoms with Gasteiger partial charge in [0.15, 0.2) is 0 Å². The highest BCUT2D eigenvalue weighted by Gasteiger charge is 2.23. The lowest BCUT2D eigenvalue weighted by Crippen LogP contribution is -2.48. The Labute approximate surface area is 133 Å². The first kappa shape index (κ1) is 14.7. The van der Waals surface area contributed by atoms with Gasteiger partial charge in [0.05, 0.1) is 17.1 Å². The van der Waals surface area contributed by atoms with Crippen LogP contribution in [0.5, 0.6) is 0 Å². The van der Waals surface area contributed by atoms with Crippen LogP contribution in [0, 0.1) is 13.8 Å². The summed E-state index contributed by atoms with van der Waals surface area (Å²) in [5.41, 5.74) is 1.14. The van der Waals surface area contributed by atoms with Crippen molar-refractivity contribution in [3.8, 4) is 0 Å². The molecule has 0 radical (unpaired) electrons. The summed E-state index contributed by atoms with van der Waals surface area (Å²) in [5, 5.41) is 3.14. The molecule has 1 amide bonds. The van der Waals surface area contributed by atoms with Crippen molar-refractivity contribution in [2.75, 3.05) is 26.2 Å². The Morgan fingerprint density at radius 1 is 1.29 bits per heavy atom. The molecule has 3 rings (SSSR count). The lowest BCUT2D eigenvalue weighted by atomic mass is 10.3. The second-order valence-corrected chi connectivity index (χ2v) is 7.53. The maximum atomic E-state index is 12.3. The largest absolute Gasteiger partial charge is 0.335 e. The normalized spacial score (nSPS) is 16.4. The van der Waals surface area contributed by atoms with Gasteiger partial charge in [0.1, 0.15) is 5.01 Å². The first-order chi connectivity index (χ1) is 10.1. The zero-order valence-electron chi connectivity index (χ0n) is 12.3. The van der Waals surface area contributed by atoms with E-state index >= 15 is 0 Å². The van der Waals surface area contributed by atoms with Crippen molar-refractivity contribution in [3.05, 3.63) is 38.0 Å². The van der Waals surface area contributed by atoms with Crippen LogP contribution in [0.25, 0.3) is 0 Å². The molecular formula is C15H19N3OS2. The molecule has 3 heterocycles. The third kappa shape index (κ3) is 3.33. The third-order valence-electron chi connectivity index (χ3n) is 3.82. The second kappa shape index (κ2) is 6.25. The number of carbonyl (C=O) groups is 1. The highest BCUT2D eigenvalue weighted by atomic mass is 32.1. The molecule has 2 aromatic heterocycles. The van der Waals surface area contributed by atoms with E-state index in [0.29, 0.717) is 0 Å². The van der Waals surface area contributed by atoms with Gasteiger partial charge in [-0.2, -0.15) is 0 Å². The standard InChI is InChI=1S/C15H19N3OS2/c1-11-12(2)21-14(16-11)10-17-5-7-18(8-6-17)15(19)13-4-3-9-20-13/h3-4,9H,5-8,10H2,1-2H3. The van der Waals surface area contributed by atoms with Gasteiger partial charge >= 0.3 is 0 Å². The van der Waals surface area contributed by atoms with Crippen LogP contribution in [0.4, 0.5) is 0 Å². The number of carbonyl (C=O) groups excluding carboxylic acids is 1. The van der Waals surface area contributed by atoms with Crippen LogP contribution < -0.4 is 0 Å². The van der Waals surface area contributed by atoms with Gasteiger partial charge in [0.2, 0.25) is 0 Å². The Kier molecular flexibility index (Phi) is 4.37. The van der Waals surface area contributed by atoms with E-state index in [2.05, 4.69) is 23.7 Å². The number of amides is 1. The number of aryl methyl sites for hydroxylation is 2. The summed E-state index contributed by atoms with van der Waals surface area (Å²) < 4.78 is 0. The average molecular weight is 321 g/mol. The summed E-state index contributed by atoms with van der Waals surface area (Å²) in [5.74, 6) is 0.172.